The van der Waals surface area contributed by atoms with Crippen LogP contribution in [0.2, 0.25) is 0 Å². The van der Waals surface area contributed by atoms with Gasteiger partial charge in [0.15, 0.2) is 17.3 Å². The first kappa shape index (κ1) is 18.7. The predicted octanol–water partition coefficient (Wildman–Crippen LogP) is 2.09. The molecule has 1 aromatic carbocycles. The molecule has 156 valence electrons. The first-order valence-electron chi connectivity index (χ1n) is 9.59. The topological polar surface area (TPSA) is 81.0 Å². The number of halogens is 2. The van der Waals surface area contributed by atoms with Gasteiger partial charge in [0.2, 0.25) is 5.88 Å². The number of hydrogen-bond donors (Lipinski definition) is 1. The van der Waals surface area contributed by atoms with Crippen LogP contribution >= 0.6 is 0 Å². The Labute approximate surface area is 170 Å². The normalized spacial score (nSPS) is 21.3. The lowest BCUT2D eigenvalue weighted by molar-refractivity contribution is -0.136. The van der Waals surface area contributed by atoms with Crippen LogP contribution in [0.5, 0.6) is 5.88 Å². The molecule has 4 bridgehead atoms. The second kappa shape index (κ2) is 7.21. The van der Waals surface area contributed by atoms with Gasteiger partial charge in [-0.1, -0.05) is 0 Å². The number of ether oxygens (including phenoxy) is 2. The van der Waals surface area contributed by atoms with Gasteiger partial charge in [0.1, 0.15) is 12.7 Å². The van der Waals surface area contributed by atoms with Gasteiger partial charge in [-0.3, -0.25) is 4.79 Å². The molecule has 0 spiro atoms. The molecular weight excluding hydrogens is 396 g/mol. The zero-order valence-electron chi connectivity index (χ0n) is 16.1. The number of methoxy groups -OCH3 is 1. The van der Waals surface area contributed by atoms with Crippen LogP contribution in [0.1, 0.15) is 6.42 Å². The maximum Gasteiger partial charge on any atom is 0.252 e. The highest BCUT2D eigenvalue weighted by Gasteiger charge is 2.39. The van der Waals surface area contributed by atoms with E-state index in [-0.39, 0.29) is 30.8 Å². The Balaban J connectivity index is 1.60. The number of anilines is 1. The minimum absolute atomic E-state index is 0.0142. The summed E-state index contributed by atoms with van der Waals surface area (Å²) < 4.78 is 41.4. The number of aromatic nitrogens is 3. The van der Waals surface area contributed by atoms with Crippen molar-refractivity contribution in [3.05, 3.63) is 42.2 Å². The fraction of sp³-hybridized carbons (Fsp3) is 0.350. The predicted molar refractivity (Wildman–Crippen MR) is 103 cm³/mol. The molecule has 1 saturated heterocycles. The van der Waals surface area contributed by atoms with E-state index in [9.17, 15) is 13.6 Å². The third-order valence-corrected chi connectivity index (χ3v) is 5.54. The lowest BCUT2D eigenvalue weighted by Crippen LogP contribution is -2.41. The van der Waals surface area contributed by atoms with Crippen molar-refractivity contribution in [2.45, 2.75) is 18.6 Å². The summed E-state index contributed by atoms with van der Waals surface area (Å²) >= 11 is 0. The first-order chi connectivity index (χ1) is 14.5. The lowest BCUT2D eigenvalue weighted by Gasteiger charge is -2.25. The highest BCUT2D eigenvalue weighted by atomic mass is 19.2. The quantitative estimate of drug-likeness (QED) is 0.656. The first-order valence-corrected chi connectivity index (χ1v) is 9.59. The molecule has 1 N–H and O–H groups in total. The van der Waals surface area contributed by atoms with Crippen LogP contribution in [-0.2, 0) is 9.53 Å². The third kappa shape index (κ3) is 3.04. The minimum Gasteiger partial charge on any atom is -0.475 e. The average Bonchev–Trinajstić information content (AvgIpc) is 3.29. The Morgan fingerprint density at radius 3 is 3.03 bits per heavy atom. The molecule has 0 radical (unpaired) electrons. The van der Waals surface area contributed by atoms with Crippen molar-refractivity contribution in [1.29, 1.82) is 0 Å². The molecule has 3 aromatic rings. The van der Waals surface area contributed by atoms with Gasteiger partial charge >= 0.3 is 0 Å². The molecular formula is C20H19F2N5O3. The summed E-state index contributed by atoms with van der Waals surface area (Å²) in [5, 5.41) is 7.14. The summed E-state index contributed by atoms with van der Waals surface area (Å²) in [6, 6.07) is 4.07. The second-order valence-electron chi connectivity index (χ2n) is 7.30. The Bertz CT molecular complexity index is 1140. The standard InChI is InChI=1S/C20H19F2N5O3/c1-29-16-8-12-10-30-17-2-4-27-19(25-17)13(9-24-27)11-6-14(21)18(22)15(7-11)23-3-5-26(12)20(16)28/h2,4,6-7,9,12,16,23H,3,5,8,10H2,1H3/t12-,16+/m0/s1. The molecule has 0 unspecified atom stereocenters. The van der Waals surface area contributed by atoms with E-state index in [1.54, 1.807) is 23.4 Å². The second-order valence-corrected chi connectivity index (χ2v) is 7.30. The number of nitrogens with one attached hydrogen (secondary N) is 1. The van der Waals surface area contributed by atoms with Gasteiger partial charge in [-0.25, -0.2) is 13.3 Å². The summed E-state index contributed by atoms with van der Waals surface area (Å²) in [7, 11) is 1.49. The largest absolute Gasteiger partial charge is 0.475 e. The number of amides is 1. The van der Waals surface area contributed by atoms with E-state index in [1.165, 1.54) is 17.7 Å². The molecule has 8 nitrogen and oxygen atoms in total. The number of carbonyl (C=O) groups excluding carboxylic acids is 1. The van der Waals surface area contributed by atoms with Crippen LogP contribution in [0.3, 0.4) is 0 Å². The fourth-order valence-electron chi connectivity index (χ4n) is 3.99. The Morgan fingerprint density at radius 1 is 1.33 bits per heavy atom. The zero-order valence-corrected chi connectivity index (χ0v) is 16.1. The number of carbonyl (C=O) groups is 1. The minimum atomic E-state index is -0.983. The van der Waals surface area contributed by atoms with Gasteiger partial charge in [0.05, 0.1) is 17.9 Å². The summed E-state index contributed by atoms with van der Waals surface area (Å²) in [4.78, 5) is 18.8. The van der Waals surface area contributed by atoms with Crippen molar-refractivity contribution in [2.75, 3.05) is 32.1 Å². The molecule has 30 heavy (non-hydrogen) atoms. The highest BCUT2D eigenvalue weighted by molar-refractivity contribution is 5.84. The van der Waals surface area contributed by atoms with Crippen molar-refractivity contribution in [1.82, 2.24) is 19.5 Å². The summed E-state index contributed by atoms with van der Waals surface area (Å²) in [5.74, 6) is -1.75. The summed E-state index contributed by atoms with van der Waals surface area (Å²) in [5.41, 5.74) is 1.45. The SMILES string of the molecule is CO[C@@H]1C[C@H]2COc3ccn4ncc(c4n3)-c3cc(F)c(F)c(c3)NCCN2C1=O. The van der Waals surface area contributed by atoms with Crippen molar-refractivity contribution in [2.24, 2.45) is 0 Å². The molecule has 1 amide bonds. The maximum atomic E-state index is 14.4. The molecule has 5 rings (SSSR count). The van der Waals surface area contributed by atoms with E-state index < -0.39 is 17.7 Å². The van der Waals surface area contributed by atoms with E-state index in [4.69, 9.17) is 9.47 Å². The van der Waals surface area contributed by atoms with Gasteiger partial charge in [-0.2, -0.15) is 10.1 Å². The Kier molecular flexibility index (Phi) is 4.50. The van der Waals surface area contributed by atoms with E-state index >= 15 is 0 Å². The van der Waals surface area contributed by atoms with Crippen molar-refractivity contribution >= 4 is 17.2 Å². The van der Waals surface area contributed by atoms with Crippen molar-refractivity contribution in [3.8, 4) is 17.0 Å². The van der Waals surface area contributed by atoms with Crippen LogP contribution in [0.4, 0.5) is 14.5 Å². The van der Waals surface area contributed by atoms with Gasteiger partial charge < -0.3 is 19.7 Å². The van der Waals surface area contributed by atoms with E-state index in [1.807, 2.05) is 0 Å². The number of rotatable bonds is 1. The van der Waals surface area contributed by atoms with Gasteiger partial charge in [0.25, 0.3) is 5.91 Å². The van der Waals surface area contributed by atoms with Crippen molar-refractivity contribution in [3.63, 3.8) is 0 Å². The van der Waals surface area contributed by atoms with Gasteiger partial charge in [-0.15, -0.1) is 0 Å². The molecule has 2 aliphatic rings. The van der Waals surface area contributed by atoms with E-state index in [0.29, 0.717) is 35.6 Å². The molecule has 0 aliphatic carbocycles. The van der Waals surface area contributed by atoms with Crippen LogP contribution in [-0.4, -0.2) is 64.4 Å². The molecule has 1 fully saturated rings. The zero-order chi connectivity index (χ0) is 20.8. The van der Waals surface area contributed by atoms with Crippen molar-refractivity contribution < 1.29 is 23.0 Å². The summed E-state index contributed by atoms with van der Waals surface area (Å²) in [6.45, 7) is 0.779. The van der Waals surface area contributed by atoms with Crippen LogP contribution in [0.15, 0.2) is 30.6 Å². The number of hydrogen-bond acceptors (Lipinski definition) is 6. The number of benzene rings is 1. The Morgan fingerprint density at radius 2 is 2.20 bits per heavy atom. The van der Waals surface area contributed by atoms with Gasteiger partial charge in [0, 0.05) is 44.4 Å². The van der Waals surface area contributed by atoms with Crippen LogP contribution in [0.25, 0.3) is 16.8 Å². The summed E-state index contributed by atoms with van der Waals surface area (Å²) in [6.07, 6.45) is 3.16. The third-order valence-electron chi connectivity index (χ3n) is 5.54. The maximum absolute atomic E-state index is 14.4. The van der Waals surface area contributed by atoms with Crippen LogP contribution < -0.4 is 10.1 Å². The molecule has 2 atom stereocenters. The monoisotopic (exact) mass is 415 g/mol. The number of nitrogens with zero attached hydrogens (tertiary/aromatic N) is 4. The number of fused-ring (bicyclic) bond motifs is 5. The lowest BCUT2D eigenvalue weighted by atomic mass is 10.1. The molecule has 10 heteroatoms. The molecule has 2 aliphatic heterocycles. The molecule has 0 saturated carbocycles. The average molecular weight is 415 g/mol. The molecule has 4 heterocycles. The van der Waals surface area contributed by atoms with E-state index in [2.05, 4.69) is 15.4 Å². The highest BCUT2D eigenvalue weighted by Crippen LogP contribution is 2.31. The van der Waals surface area contributed by atoms with Crippen LogP contribution in [0, 0.1) is 11.6 Å². The van der Waals surface area contributed by atoms with Gasteiger partial charge in [-0.05, 0) is 17.7 Å². The fourth-order valence-corrected chi connectivity index (χ4v) is 3.99. The molecule has 2 aromatic heterocycles. The Hall–Kier alpha value is -3.27. The van der Waals surface area contributed by atoms with E-state index in [0.717, 1.165) is 6.07 Å². The smallest absolute Gasteiger partial charge is 0.252 e.